The first-order valence-corrected chi connectivity index (χ1v) is 7.27. The second-order valence-electron chi connectivity index (χ2n) is 5.88. The van der Waals surface area contributed by atoms with Gasteiger partial charge in [-0.05, 0) is 37.6 Å². The standard InChI is InChI=1S/C14H26N4/c1-4-8-18-13(16-11-17-18)10-14(3)7-6-12(9-14)15-5-2/h11-12,15H,4-10H2,1-3H3. The molecule has 1 aliphatic carbocycles. The minimum atomic E-state index is 0.394. The van der Waals surface area contributed by atoms with Crippen LogP contribution in [0.15, 0.2) is 6.33 Å². The van der Waals surface area contributed by atoms with Gasteiger partial charge in [0, 0.05) is 19.0 Å². The molecule has 1 aromatic rings. The smallest absolute Gasteiger partial charge is 0.138 e. The van der Waals surface area contributed by atoms with Crippen molar-refractivity contribution in [3.8, 4) is 0 Å². The van der Waals surface area contributed by atoms with Crippen molar-refractivity contribution >= 4 is 0 Å². The molecular formula is C14H26N4. The Morgan fingerprint density at radius 1 is 1.50 bits per heavy atom. The molecule has 0 aromatic carbocycles. The maximum absolute atomic E-state index is 4.45. The maximum Gasteiger partial charge on any atom is 0.138 e. The van der Waals surface area contributed by atoms with E-state index in [0.717, 1.165) is 31.8 Å². The largest absolute Gasteiger partial charge is 0.314 e. The first-order chi connectivity index (χ1) is 8.67. The van der Waals surface area contributed by atoms with Crippen molar-refractivity contribution in [1.82, 2.24) is 20.1 Å². The van der Waals surface area contributed by atoms with E-state index in [0.29, 0.717) is 11.5 Å². The molecule has 4 heteroatoms. The lowest BCUT2D eigenvalue weighted by atomic mass is 9.84. The third-order valence-corrected chi connectivity index (χ3v) is 4.04. The van der Waals surface area contributed by atoms with E-state index in [-0.39, 0.29) is 0 Å². The molecule has 1 saturated carbocycles. The molecule has 0 radical (unpaired) electrons. The lowest BCUT2D eigenvalue weighted by Crippen LogP contribution is -2.28. The molecule has 0 bridgehead atoms. The van der Waals surface area contributed by atoms with Crippen LogP contribution in [0.3, 0.4) is 0 Å². The monoisotopic (exact) mass is 250 g/mol. The van der Waals surface area contributed by atoms with Gasteiger partial charge in [0.1, 0.15) is 12.2 Å². The van der Waals surface area contributed by atoms with Gasteiger partial charge in [-0.3, -0.25) is 4.68 Å². The molecule has 1 aromatic heterocycles. The Kier molecular flexibility index (Phi) is 4.38. The van der Waals surface area contributed by atoms with E-state index in [1.165, 1.54) is 19.3 Å². The Hall–Kier alpha value is -0.900. The fraction of sp³-hybridized carbons (Fsp3) is 0.857. The van der Waals surface area contributed by atoms with Gasteiger partial charge >= 0.3 is 0 Å². The molecule has 0 saturated heterocycles. The van der Waals surface area contributed by atoms with Crippen LogP contribution in [0.1, 0.15) is 52.3 Å². The summed E-state index contributed by atoms with van der Waals surface area (Å²) in [7, 11) is 0. The van der Waals surface area contributed by atoms with Crippen LogP contribution >= 0.6 is 0 Å². The summed E-state index contributed by atoms with van der Waals surface area (Å²) in [4.78, 5) is 4.45. The van der Waals surface area contributed by atoms with Crippen molar-refractivity contribution in [2.45, 2.75) is 65.5 Å². The number of nitrogens with zero attached hydrogens (tertiary/aromatic N) is 3. The summed E-state index contributed by atoms with van der Waals surface area (Å²) in [5, 5.41) is 7.90. The highest BCUT2D eigenvalue weighted by molar-refractivity contribution is 4.98. The molecule has 18 heavy (non-hydrogen) atoms. The molecule has 1 heterocycles. The molecule has 1 aliphatic rings. The lowest BCUT2D eigenvalue weighted by Gasteiger charge is -2.24. The van der Waals surface area contributed by atoms with Crippen molar-refractivity contribution < 1.29 is 0 Å². The Morgan fingerprint density at radius 3 is 3.06 bits per heavy atom. The van der Waals surface area contributed by atoms with Crippen molar-refractivity contribution in [1.29, 1.82) is 0 Å². The normalized spacial score (nSPS) is 27.8. The van der Waals surface area contributed by atoms with Crippen LogP contribution in [0, 0.1) is 5.41 Å². The predicted octanol–water partition coefficient (Wildman–Crippen LogP) is 2.40. The zero-order valence-corrected chi connectivity index (χ0v) is 11.9. The third-order valence-electron chi connectivity index (χ3n) is 4.04. The molecule has 2 atom stereocenters. The van der Waals surface area contributed by atoms with Crippen LogP contribution in [-0.2, 0) is 13.0 Å². The number of nitrogens with one attached hydrogen (secondary N) is 1. The average molecular weight is 250 g/mol. The second kappa shape index (κ2) is 5.83. The van der Waals surface area contributed by atoms with E-state index in [4.69, 9.17) is 0 Å². The average Bonchev–Trinajstić information content (AvgIpc) is 2.89. The van der Waals surface area contributed by atoms with Crippen molar-refractivity contribution in [2.24, 2.45) is 5.41 Å². The van der Waals surface area contributed by atoms with Gasteiger partial charge in [0.15, 0.2) is 0 Å². The molecular weight excluding hydrogens is 224 g/mol. The Balaban J connectivity index is 1.98. The lowest BCUT2D eigenvalue weighted by molar-refractivity contribution is 0.308. The highest BCUT2D eigenvalue weighted by atomic mass is 15.3. The second-order valence-corrected chi connectivity index (χ2v) is 5.88. The van der Waals surface area contributed by atoms with Gasteiger partial charge < -0.3 is 5.32 Å². The highest BCUT2D eigenvalue weighted by Gasteiger charge is 2.35. The van der Waals surface area contributed by atoms with Gasteiger partial charge in [-0.1, -0.05) is 20.8 Å². The van der Waals surface area contributed by atoms with Crippen molar-refractivity contribution in [3.05, 3.63) is 12.2 Å². The Labute approximate surface area is 110 Å². The first kappa shape index (κ1) is 13.5. The summed E-state index contributed by atoms with van der Waals surface area (Å²) < 4.78 is 2.08. The van der Waals surface area contributed by atoms with Crippen LogP contribution in [0.4, 0.5) is 0 Å². The van der Waals surface area contributed by atoms with E-state index in [2.05, 4.69) is 40.9 Å². The molecule has 0 amide bonds. The maximum atomic E-state index is 4.45. The van der Waals surface area contributed by atoms with Gasteiger partial charge in [0.25, 0.3) is 0 Å². The summed E-state index contributed by atoms with van der Waals surface area (Å²) in [5.74, 6) is 1.16. The quantitative estimate of drug-likeness (QED) is 0.843. The zero-order chi connectivity index (χ0) is 13.0. The number of hydrogen-bond acceptors (Lipinski definition) is 3. The van der Waals surface area contributed by atoms with Crippen LogP contribution < -0.4 is 5.32 Å². The summed E-state index contributed by atoms with van der Waals surface area (Å²) >= 11 is 0. The molecule has 1 fully saturated rings. The van der Waals surface area contributed by atoms with E-state index >= 15 is 0 Å². The number of rotatable bonds is 6. The van der Waals surface area contributed by atoms with Gasteiger partial charge in [-0.25, -0.2) is 4.98 Å². The first-order valence-electron chi connectivity index (χ1n) is 7.27. The predicted molar refractivity (Wildman–Crippen MR) is 73.4 cm³/mol. The fourth-order valence-electron chi connectivity index (χ4n) is 3.15. The zero-order valence-electron chi connectivity index (χ0n) is 11.9. The highest BCUT2D eigenvalue weighted by Crippen LogP contribution is 2.40. The molecule has 0 spiro atoms. The van der Waals surface area contributed by atoms with Gasteiger partial charge in [0.05, 0.1) is 0 Å². The van der Waals surface area contributed by atoms with Crippen LogP contribution in [-0.4, -0.2) is 27.4 Å². The molecule has 2 rings (SSSR count). The van der Waals surface area contributed by atoms with E-state index < -0.39 is 0 Å². The van der Waals surface area contributed by atoms with Gasteiger partial charge in [-0.2, -0.15) is 5.10 Å². The van der Waals surface area contributed by atoms with Crippen LogP contribution in [0.25, 0.3) is 0 Å². The summed E-state index contributed by atoms with van der Waals surface area (Å²) in [6.07, 6.45) is 7.74. The molecule has 4 nitrogen and oxygen atoms in total. The van der Waals surface area contributed by atoms with Crippen molar-refractivity contribution in [2.75, 3.05) is 6.54 Å². The number of aromatic nitrogens is 3. The summed E-state index contributed by atoms with van der Waals surface area (Å²) in [5.41, 5.74) is 0.394. The van der Waals surface area contributed by atoms with Gasteiger partial charge in [0.2, 0.25) is 0 Å². The fourth-order valence-corrected chi connectivity index (χ4v) is 3.15. The number of hydrogen-bond donors (Lipinski definition) is 1. The van der Waals surface area contributed by atoms with Crippen molar-refractivity contribution in [3.63, 3.8) is 0 Å². The van der Waals surface area contributed by atoms with E-state index in [1.807, 2.05) is 0 Å². The molecule has 102 valence electrons. The Morgan fingerprint density at radius 2 is 2.33 bits per heavy atom. The topological polar surface area (TPSA) is 42.7 Å². The van der Waals surface area contributed by atoms with Crippen LogP contribution in [0.2, 0.25) is 0 Å². The molecule has 2 unspecified atom stereocenters. The SMILES string of the molecule is CCCn1ncnc1CC1(C)CCC(NCC)C1. The minimum absolute atomic E-state index is 0.394. The van der Waals surface area contributed by atoms with E-state index in [9.17, 15) is 0 Å². The summed E-state index contributed by atoms with van der Waals surface area (Å²) in [6.45, 7) is 8.83. The van der Waals surface area contributed by atoms with Gasteiger partial charge in [-0.15, -0.1) is 0 Å². The molecule has 0 aliphatic heterocycles. The van der Waals surface area contributed by atoms with E-state index in [1.54, 1.807) is 6.33 Å². The molecule has 1 N–H and O–H groups in total. The number of aryl methyl sites for hydroxylation is 1. The van der Waals surface area contributed by atoms with Crippen LogP contribution in [0.5, 0.6) is 0 Å². The third kappa shape index (κ3) is 3.10. The summed E-state index contributed by atoms with van der Waals surface area (Å²) in [6, 6.07) is 0.697. The Bertz CT molecular complexity index is 374. The minimum Gasteiger partial charge on any atom is -0.314 e.